The van der Waals surface area contributed by atoms with Gasteiger partial charge in [0.1, 0.15) is 0 Å². The maximum Gasteiger partial charge on any atom is 0.261 e. The third-order valence-electron chi connectivity index (χ3n) is 8.58. The van der Waals surface area contributed by atoms with Crippen LogP contribution in [-0.4, -0.2) is 40.9 Å². The zero-order valence-corrected chi connectivity index (χ0v) is 21.2. The second-order valence-electron chi connectivity index (χ2n) is 10.4. The van der Waals surface area contributed by atoms with Crippen molar-refractivity contribution in [2.75, 3.05) is 19.1 Å². The lowest BCUT2D eigenvalue weighted by atomic mass is 9.64. The fourth-order valence-corrected chi connectivity index (χ4v) is 6.92. The number of carbonyl (C=O) groups is 1. The van der Waals surface area contributed by atoms with E-state index in [0.29, 0.717) is 34.8 Å². The molecule has 7 heteroatoms. The fraction of sp³-hybridized carbons (Fsp3) is 0.483. The van der Waals surface area contributed by atoms with Crippen LogP contribution in [0.2, 0.25) is 0 Å². The molecule has 3 aliphatic rings. The van der Waals surface area contributed by atoms with Gasteiger partial charge in [0.2, 0.25) is 5.95 Å². The van der Waals surface area contributed by atoms with Crippen molar-refractivity contribution in [3.8, 4) is 22.9 Å². The number of nitrogens with zero attached hydrogens (tertiary/aromatic N) is 4. The molecule has 7 nitrogen and oxygen atoms in total. The molecular formula is C29H34N4O3. The Labute approximate surface area is 212 Å². The van der Waals surface area contributed by atoms with Crippen LogP contribution < -0.4 is 14.4 Å². The van der Waals surface area contributed by atoms with E-state index in [2.05, 4.69) is 4.68 Å². The van der Waals surface area contributed by atoms with Crippen molar-refractivity contribution in [1.82, 2.24) is 14.8 Å². The highest BCUT2D eigenvalue weighted by molar-refractivity contribution is 6.06. The molecule has 188 valence electrons. The van der Waals surface area contributed by atoms with Gasteiger partial charge >= 0.3 is 0 Å². The molecule has 1 aromatic heterocycles. The Morgan fingerprint density at radius 1 is 0.917 bits per heavy atom. The minimum absolute atomic E-state index is 0.0493. The third-order valence-corrected chi connectivity index (χ3v) is 8.58. The molecule has 2 heterocycles. The lowest BCUT2D eigenvalue weighted by Crippen LogP contribution is -2.61. The van der Waals surface area contributed by atoms with E-state index in [9.17, 15) is 4.79 Å². The normalized spacial score (nSPS) is 22.6. The number of aromatic nitrogens is 3. The van der Waals surface area contributed by atoms with Gasteiger partial charge < -0.3 is 9.47 Å². The Hall–Kier alpha value is -3.35. The van der Waals surface area contributed by atoms with E-state index < -0.39 is 0 Å². The Morgan fingerprint density at radius 3 is 2.42 bits per heavy atom. The molecule has 1 spiro atoms. The van der Waals surface area contributed by atoms with Crippen LogP contribution in [0.4, 0.5) is 5.95 Å². The first-order valence-corrected chi connectivity index (χ1v) is 13.2. The monoisotopic (exact) mass is 486 g/mol. The molecule has 2 aliphatic carbocycles. The van der Waals surface area contributed by atoms with Crippen LogP contribution in [0.15, 0.2) is 48.5 Å². The summed E-state index contributed by atoms with van der Waals surface area (Å²) in [4.78, 5) is 21.3. The molecule has 2 fully saturated rings. The zero-order chi connectivity index (χ0) is 24.7. The van der Waals surface area contributed by atoms with E-state index in [0.717, 1.165) is 37.7 Å². The average molecular weight is 487 g/mol. The van der Waals surface area contributed by atoms with Gasteiger partial charge in [-0.15, -0.1) is 5.10 Å². The van der Waals surface area contributed by atoms with Crippen LogP contribution in [0.25, 0.3) is 11.4 Å². The Bertz CT molecular complexity index is 1250. The standard InChI is InChI=1S/C29H34N4O3/c1-35-24-16-15-21(19-25(24)36-2)27(34)32-23-14-8-7-13-22(23)29(17-9-4-10-18-29)33-28(32)30-26(31-33)20-11-5-3-6-12-20/h3,5-6,11-12,15-16,19,22-23H,4,7-10,13-14,17-18H2,1-2H3. The molecule has 2 unspecified atom stereocenters. The SMILES string of the molecule is COc1ccc(C(=O)N2c3nc(-c4ccccc4)nn3C3(CCCCC3)C3CCCCC32)cc1OC. The first-order chi connectivity index (χ1) is 17.7. The Kier molecular flexibility index (Phi) is 5.94. The molecule has 36 heavy (non-hydrogen) atoms. The molecule has 2 aromatic carbocycles. The van der Waals surface area contributed by atoms with E-state index in [-0.39, 0.29) is 17.5 Å². The highest BCUT2D eigenvalue weighted by Gasteiger charge is 2.55. The minimum Gasteiger partial charge on any atom is -0.493 e. The van der Waals surface area contributed by atoms with Crippen LogP contribution in [-0.2, 0) is 5.54 Å². The summed E-state index contributed by atoms with van der Waals surface area (Å²) in [6.45, 7) is 0. The predicted molar refractivity (Wildman–Crippen MR) is 139 cm³/mol. The number of anilines is 1. The minimum atomic E-state index is -0.0624. The van der Waals surface area contributed by atoms with Crippen molar-refractivity contribution in [2.24, 2.45) is 5.92 Å². The lowest BCUT2D eigenvalue weighted by Gasteiger charge is -2.55. The molecule has 1 amide bonds. The van der Waals surface area contributed by atoms with Crippen LogP contribution >= 0.6 is 0 Å². The molecule has 6 rings (SSSR count). The number of benzene rings is 2. The molecule has 2 saturated carbocycles. The molecule has 0 N–H and O–H groups in total. The second-order valence-corrected chi connectivity index (χ2v) is 10.4. The van der Waals surface area contributed by atoms with E-state index in [1.807, 2.05) is 41.3 Å². The van der Waals surface area contributed by atoms with Gasteiger partial charge in [-0.2, -0.15) is 4.98 Å². The highest BCUT2D eigenvalue weighted by Crippen LogP contribution is 2.53. The first kappa shape index (κ1) is 23.1. The maximum atomic E-state index is 14.3. The highest BCUT2D eigenvalue weighted by atomic mass is 16.5. The average Bonchev–Trinajstić information content (AvgIpc) is 3.40. The number of hydrogen-bond donors (Lipinski definition) is 0. The summed E-state index contributed by atoms with van der Waals surface area (Å²) in [6, 6.07) is 15.6. The number of ether oxygens (including phenoxy) is 2. The third kappa shape index (κ3) is 3.59. The molecule has 1 aliphatic heterocycles. The number of methoxy groups -OCH3 is 2. The molecule has 2 atom stereocenters. The van der Waals surface area contributed by atoms with Crippen LogP contribution in [0.5, 0.6) is 11.5 Å². The first-order valence-electron chi connectivity index (χ1n) is 13.2. The second kappa shape index (κ2) is 9.26. The molecule has 0 radical (unpaired) electrons. The molecular weight excluding hydrogens is 452 g/mol. The summed E-state index contributed by atoms with van der Waals surface area (Å²) < 4.78 is 13.1. The van der Waals surface area contributed by atoms with Gasteiger partial charge in [0.25, 0.3) is 5.91 Å². The Balaban J connectivity index is 1.52. The van der Waals surface area contributed by atoms with E-state index in [1.165, 1.54) is 25.7 Å². The molecule has 3 aromatic rings. The summed E-state index contributed by atoms with van der Waals surface area (Å²) in [5, 5.41) is 5.14. The summed E-state index contributed by atoms with van der Waals surface area (Å²) in [7, 11) is 3.20. The fourth-order valence-electron chi connectivity index (χ4n) is 6.92. The van der Waals surface area contributed by atoms with Gasteiger partial charge in [0.15, 0.2) is 17.3 Å². The van der Waals surface area contributed by atoms with Gasteiger partial charge in [0, 0.05) is 23.1 Å². The zero-order valence-electron chi connectivity index (χ0n) is 21.2. The van der Waals surface area contributed by atoms with Crippen LogP contribution in [0, 0.1) is 5.92 Å². The summed E-state index contributed by atoms with van der Waals surface area (Å²) in [5.74, 6) is 2.88. The van der Waals surface area contributed by atoms with Gasteiger partial charge in [-0.25, -0.2) is 4.68 Å². The van der Waals surface area contributed by atoms with Crippen LogP contribution in [0.1, 0.15) is 68.1 Å². The number of fused-ring (bicyclic) bond motifs is 4. The largest absolute Gasteiger partial charge is 0.493 e. The van der Waals surface area contributed by atoms with Gasteiger partial charge in [-0.3, -0.25) is 9.69 Å². The van der Waals surface area contributed by atoms with Crippen molar-refractivity contribution < 1.29 is 14.3 Å². The maximum absolute atomic E-state index is 14.3. The van der Waals surface area contributed by atoms with Crippen molar-refractivity contribution in [1.29, 1.82) is 0 Å². The summed E-state index contributed by atoms with van der Waals surface area (Å²) >= 11 is 0. The van der Waals surface area contributed by atoms with Crippen molar-refractivity contribution in [3.63, 3.8) is 0 Å². The molecule has 0 saturated heterocycles. The van der Waals surface area contributed by atoms with Gasteiger partial charge in [-0.1, -0.05) is 62.4 Å². The number of rotatable bonds is 4. The van der Waals surface area contributed by atoms with Gasteiger partial charge in [0.05, 0.1) is 19.8 Å². The van der Waals surface area contributed by atoms with Crippen molar-refractivity contribution in [2.45, 2.75) is 69.4 Å². The topological polar surface area (TPSA) is 69.5 Å². The van der Waals surface area contributed by atoms with Crippen LogP contribution in [0.3, 0.4) is 0 Å². The van der Waals surface area contributed by atoms with E-state index in [1.54, 1.807) is 26.4 Å². The van der Waals surface area contributed by atoms with E-state index >= 15 is 0 Å². The quantitative estimate of drug-likeness (QED) is 0.463. The number of hydrogen-bond acceptors (Lipinski definition) is 5. The van der Waals surface area contributed by atoms with Gasteiger partial charge in [-0.05, 0) is 43.9 Å². The Morgan fingerprint density at radius 2 is 1.67 bits per heavy atom. The smallest absolute Gasteiger partial charge is 0.261 e. The van der Waals surface area contributed by atoms with E-state index in [4.69, 9.17) is 19.6 Å². The lowest BCUT2D eigenvalue weighted by molar-refractivity contribution is 0.0314. The predicted octanol–water partition coefficient (Wildman–Crippen LogP) is 5.84. The number of carbonyl (C=O) groups excluding carboxylic acids is 1. The van der Waals surface area contributed by atoms with Crippen molar-refractivity contribution >= 4 is 11.9 Å². The molecule has 0 bridgehead atoms. The van der Waals surface area contributed by atoms with Crippen molar-refractivity contribution in [3.05, 3.63) is 54.1 Å². The number of amides is 1. The summed E-state index contributed by atoms with van der Waals surface area (Å²) in [5.41, 5.74) is 1.49. The summed E-state index contributed by atoms with van der Waals surface area (Å²) in [6.07, 6.45) is 10.3.